The molecule has 1 aromatic heterocycles. The highest BCUT2D eigenvalue weighted by Gasteiger charge is 2.17. The highest BCUT2D eigenvalue weighted by molar-refractivity contribution is 7.10. The van der Waals surface area contributed by atoms with Crippen molar-refractivity contribution < 1.29 is 14.3 Å². The minimum atomic E-state index is -0.367. The zero-order chi connectivity index (χ0) is 22.2. The maximum atomic E-state index is 12.9. The second kappa shape index (κ2) is 10.6. The lowest BCUT2D eigenvalue weighted by Gasteiger charge is -2.17. The minimum Gasteiger partial charge on any atom is -0.491 e. The standard InChI is InChI=1S/C25H26N2O3S/c1-17-11-12-21(14-18(17)2)30-16-19(3)26-25(29)23(15-22-10-7-13-31-22)27-24(28)20-8-5-4-6-9-20/h4-15,19H,16H2,1-3H3,(H,26,29)(H,27,28)/b23-15-. The molecule has 0 saturated heterocycles. The Morgan fingerprint density at radius 2 is 1.81 bits per heavy atom. The molecule has 0 aliphatic heterocycles. The van der Waals surface area contributed by atoms with Crippen molar-refractivity contribution >= 4 is 29.2 Å². The van der Waals surface area contributed by atoms with Gasteiger partial charge >= 0.3 is 0 Å². The fraction of sp³-hybridized carbons (Fsp3) is 0.200. The van der Waals surface area contributed by atoms with Crippen molar-refractivity contribution in [3.63, 3.8) is 0 Å². The first-order valence-corrected chi connectivity index (χ1v) is 10.9. The fourth-order valence-electron chi connectivity index (χ4n) is 2.83. The summed E-state index contributed by atoms with van der Waals surface area (Å²) in [5, 5.41) is 7.56. The van der Waals surface area contributed by atoms with Crippen LogP contribution in [0, 0.1) is 13.8 Å². The van der Waals surface area contributed by atoms with Crippen molar-refractivity contribution in [1.82, 2.24) is 10.6 Å². The van der Waals surface area contributed by atoms with E-state index in [-0.39, 0.29) is 23.6 Å². The molecule has 6 heteroatoms. The molecule has 3 aromatic rings. The Morgan fingerprint density at radius 1 is 1.03 bits per heavy atom. The summed E-state index contributed by atoms with van der Waals surface area (Å²) in [6, 6.07) is 18.2. The van der Waals surface area contributed by atoms with Gasteiger partial charge in [-0.3, -0.25) is 9.59 Å². The van der Waals surface area contributed by atoms with Crippen LogP contribution in [0.4, 0.5) is 0 Å². The van der Waals surface area contributed by atoms with Crippen LogP contribution in [0.25, 0.3) is 6.08 Å². The van der Waals surface area contributed by atoms with Crippen molar-refractivity contribution in [2.24, 2.45) is 0 Å². The van der Waals surface area contributed by atoms with E-state index < -0.39 is 0 Å². The summed E-state index contributed by atoms with van der Waals surface area (Å²) in [7, 11) is 0. The molecule has 1 heterocycles. The molecule has 0 aliphatic rings. The maximum absolute atomic E-state index is 12.9. The van der Waals surface area contributed by atoms with Gasteiger partial charge in [-0.05, 0) is 73.7 Å². The predicted molar refractivity (Wildman–Crippen MR) is 125 cm³/mol. The Bertz CT molecular complexity index is 1060. The van der Waals surface area contributed by atoms with Gasteiger partial charge in [0, 0.05) is 10.4 Å². The Morgan fingerprint density at radius 3 is 2.48 bits per heavy atom. The monoisotopic (exact) mass is 434 g/mol. The molecule has 0 radical (unpaired) electrons. The normalized spacial score (nSPS) is 12.2. The lowest BCUT2D eigenvalue weighted by molar-refractivity contribution is -0.118. The second-order valence-corrected chi connectivity index (χ2v) is 8.30. The van der Waals surface area contributed by atoms with Crippen molar-refractivity contribution in [3.05, 3.63) is 93.3 Å². The molecule has 2 N–H and O–H groups in total. The summed E-state index contributed by atoms with van der Waals surface area (Å²) in [6.45, 7) is 6.26. The molecule has 3 rings (SSSR count). The highest BCUT2D eigenvalue weighted by Crippen LogP contribution is 2.17. The van der Waals surface area contributed by atoms with Crippen LogP contribution in [0.3, 0.4) is 0 Å². The maximum Gasteiger partial charge on any atom is 0.268 e. The number of carbonyl (C=O) groups excluding carboxylic acids is 2. The van der Waals surface area contributed by atoms with Crippen molar-refractivity contribution in [3.8, 4) is 5.75 Å². The van der Waals surface area contributed by atoms with E-state index in [0.717, 1.165) is 16.2 Å². The molecule has 1 unspecified atom stereocenters. The van der Waals surface area contributed by atoms with E-state index in [0.29, 0.717) is 12.2 Å². The first-order chi connectivity index (χ1) is 14.9. The van der Waals surface area contributed by atoms with Crippen LogP contribution in [0.15, 0.2) is 71.7 Å². The second-order valence-electron chi connectivity index (χ2n) is 7.33. The smallest absolute Gasteiger partial charge is 0.268 e. The highest BCUT2D eigenvalue weighted by atomic mass is 32.1. The van der Waals surface area contributed by atoms with Gasteiger partial charge in [0.25, 0.3) is 11.8 Å². The zero-order valence-electron chi connectivity index (χ0n) is 17.8. The van der Waals surface area contributed by atoms with Crippen LogP contribution < -0.4 is 15.4 Å². The van der Waals surface area contributed by atoms with Gasteiger partial charge < -0.3 is 15.4 Å². The largest absolute Gasteiger partial charge is 0.491 e. The van der Waals surface area contributed by atoms with Crippen LogP contribution in [0.2, 0.25) is 0 Å². The fourth-order valence-corrected chi connectivity index (χ4v) is 3.48. The van der Waals surface area contributed by atoms with Gasteiger partial charge in [-0.1, -0.05) is 30.3 Å². The molecule has 0 bridgehead atoms. The summed E-state index contributed by atoms with van der Waals surface area (Å²) >= 11 is 1.49. The van der Waals surface area contributed by atoms with Crippen LogP contribution in [-0.2, 0) is 4.79 Å². The number of aryl methyl sites for hydroxylation is 2. The number of thiophene rings is 1. The average molecular weight is 435 g/mol. The number of nitrogens with one attached hydrogen (secondary N) is 2. The molecule has 31 heavy (non-hydrogen) atoms. The summed E-state index contributed by atoms with van der Waals surface area (Å²) < 4.78 is 5.82. The predicted octanol–water partition coefficient (Wildman–Crippen LogP) is 4.72. The molecule has 0 aliphatic carbocycles. The number of rotatable bonds is 8. The van der Waals surface area contributed by atoms with Gasteiger partial charge in [-0.25, -0.2) is 0 Å². The molecule has 0 saturated carbocycles. The lowest BCUT2D eigenvalue weighted by atomic mass is 10.1. The summed E-state index contributed by atoms with van der Waals surface area (Å²) in [6.07, 6.45) is 1.68. The van der Waals surface area contributed by atoms with Gasteiger partial charge in [0.15, 0.2) is 0 Å². The van der Waals surface area contributed by atoms with Crippen LogP contribution in [0.1, 0.15) is 33.3 Å². The van der Waals surface area contributed by atoms with E-state index in [9.17, 15) is 9.59 Å². The van der Waals surface area contributed by atoms with Gasteiger partial charge in [0.2, 0.25) is 0 Å². The number of ether oxygens (including phenoxy) is 1. The molecular weight excluding hydrogens is 408 g/mol. The first kappa shape index (κ1) is 22.3. The molecule has 5 nitrogen and oxygen atoms in total. The zero-order valence-corrected chi connectivity index (χ0v) is 18.7. The molecule has 0 spiro atoms. The van der Waals surface area contributed by atoms with E-state index in [4.69, 9.17) is 4.74 Å². The molecular formula is C25H26N2O3S. The van der Waals surface area contributed by atoms with Gasteiger partial charge in [0.05, 0.1) is 6.04 Å². The third kappa shape index (κ3) is 6.55. The Kier molecular flexibility index (Phi) is 7.62. The van der Waals surface area contributed by atoms with E-state index in [1.165, 1.54) is 16.9 Å². The van der Waals surface area contributed by atoms with Gasteiger partial charge in [0.1, 0.15) is 18.1 Å². The van der Waals surface area contributed by atoms with E-state index in [1.54, 1.807) is 30.3 Å². The first-order valence-electron chi connectivity index (χ1n) is 10.0. The molecule has 0 fully saturated rings. The Balaban J connectivity index is 1.66. The average Bonchev–Trinajstić information content (AvgIpc) is 3.28. The molecule has 2 aromatic carbocycles. The van der Waals surface area contributed by atoms with E-state index in [2.05, 4.69) is 10.6 Å². The lowest BCUT2D eigenvalue weighted by Crippen LogP contribution is -2.41. The topological polar surface area (TPSA) is 67.4 Å². The van der Waals surface area contributed by atoms with Crippen molar-refractivity contribution in [1.29, 1.82) is 0 Å². The number of carbonyl (C=O) groups is 2. The summed E-state index contributed by atoms with van der Waals surface area (Å²) in [4.78, 5) is 26.4. The van der Waals surface area contributed by atoms with Crippen LogP contribution >= 0.6 is 11.3 Å². The summed E-state index contributed by atoms with van der Waals surface area (Å²) in [5.74, 6) is 0.0578. The van der Waals surface area contributed by atoms with Crippen LogP contribution in [0.5, 0.6) is 5.75 Å². The molecule has 2 amide bonds. The quantitative estimate of drug-likeness (QED) is 0.504. The van der Waals surface area contributed by atoms with Crippen LogP contribution in [-0.4, -0.2) is 24.5 Å². The number of amides is 2. The minimum absolute atomic E-state index is 0.189. The van der Waals surface area contributed by atoms with Gasteiger partial charge in [-0.2, -0.15) is 0 Å². The third-order valence-electron chi connectivity index (χ3n) is 4.71. The third-order valence-corrected chi connectivity index (χ3v) is 5.53. The number of hydrogen-bond donors (Lipinski definition) is 2. The molecule has 160 valence electrons. The Hall–Kier alpha value is -3.38. The Labute approximate surface area is 186 Å². The number of benzene rings is 2. The SMILES string of the molecule is Cc1ccc(OCC(C)NC(=O)/C(=C/c2cccs2)NC(=O)c2ccccc2)cc1C. The number of hydrogen-bond acceptors (Lipinski definition) is 4. The van der Waals surface area contributed by atoms with E-state index in [1.807, 2.05) is 62.5 Å². The van der Waals surface area contributed by atoms with E-state index >= 15 is 0 Å². The molecule has 1 atom stereocenters. The van der Waals surface area contributed by atoms with Crippen molar-refractivity contribution in [2.45, 2.75) is 26.8 Å². The van der Waals surface area contributed by atoms with Gasteiger partial charge in [-0.15, -0.1) is 11.3 Å². The summed E-state index contributed by atoms with van der Waals surface area (Å²) in [5.41, 5.74) is 3.03. The van der Waals surface area contributed by atoms with Crippen molar-refractivity contribution in [2.75, 3.05) is 6.61 Å².